The van der Waals surface area contributed by atoms with Crippen molar-refractivity contribution in [2.75, 3.05) is 11.9 Å². The molecule has 0 spiro atoms. The van der Waals surface area contributed by atoms with Gasteiger partial charge >= 0.3 is 12.2 Å². The van der Waals surface area contributed by atoms with E-state index in [9.17, 15) is 18.0 Å². The van der Waals surface area contributed by atoms with Gasteiger partial charge in [0.1, 0.15) is 5.82 Å². The second kappa shape index (κ2) is 9.89. The molecule has 4 rings (SSSR count). The summed E-state index contributed by atoms with van der Waals surface area (Å²) >= 11 is 6.02. The first-order chi connectivity index (χ1) is 16.6. The minimum atomic E-state index is -4.44. The van der Waals surface area contributed by atoms with E-state index in [0.29, 0.717) is 47.2 Å². The van der Waals surface area contributed by atoms with E-state index in [1.54, 1.807) is 18.7 Å². The van der Waals surface area contributed by atoms with Crippen LogP contribution in [0.2, 0.25) is 5.02 Å². The lowest BCUT2D eigenvalue weighted by molar-refractivity contribution is -0.137. The number of carbonyl (C=O) groups excluding carboxylic acids is 1. The molecule has 2 heterocycles. The van der Waals surface area contributed by atoms with Crippen LogP contribution < -0.4 is 5.32 Å². The van der Waals surface area contributed by atoms with Gasteiger partial charge in [-0.1, -0.05) is 30.7 Å². The third kappa shape index (κ3) is 5.29. The summed E-state index contributed by atoms with van der Waals surface area (Å²) < 4.78 is 41.5. The molecule has 3 aromatic rings. The Morgan fingerprint density at radius 2 is 1.80 bits per heavy atom. The van der Waals surface area contributed by atoms with Crippen molar-refractivity contribution < 1.29 is 18.0 Å². The molecule has 0 radical (unpaired) electrons. The number of likely N-dealkylation sites (tertiary alicyclic amines) is 1. The van der Waals surface area contributed by atoms with E-state index >= 15 is 0 Å². The molecule has 1 aromatic heterocycles. The van der Waals surface area contributed by atoms with Crippen molar-refractivity contribution in [2.24, 2.45) is 0 Å². The van der Waals surface area contributed by atoms with Crippen LogP contribution in [0.5, 0.6) is 0 Å². The number of amides is 2. The molecule has 2 amide bonds. The summed E-state index contributed by atoms with van der Waals surface area (Å²) in [6, 6.07) is 9.01. The van der Waals surface area contributed by atoms with Gasteiger partial charge in [-0.15, -0.1) is 10.2 Å². The Kier molecular flexibility index (Phi) is 7.07. The Morgan fingerprint density at radius 1 is 1.14 bits per heavy atom. The lowest BCUT2D eigenvalue weighted by atomic mass is 10.0. The van der Waals surface area contributed by atoms with Crippen molar-refractivity contribution in [3.63, 3.8) is 0 Å². The zero-order valence-electron chi connectivity index (χ0n) is 19.8. The van der Waals surface area contributed by atoms with Crippen LogP contribution in [-0.2, 0) is 19.1 Å². The molecule has 186 valence electrons. The second-order valence-electron chi connectivity index (χ2n) is 8.80. The summed E-state index contributed by atoms with van der Waals surface area (Å²) in [7, 11) is 0. The fraction of sp³-hybridized carbons (Fsp3) is 0.400. The number of aryl methyl sites for hydroxylation is 3. The maximum absolute atomic E-state index is 13.3. The lowest BCUT2D eigenvalue weighted by Gasteiger charge is -2.26. The van der Waals surface area contributed by atoms with Gasteiger partial charge in [-0.2, -0.15) is 13.2 Å². The van der Waals surface area contributed by atoms with E-state index in [0.717, 1.165) is 36.4 Å². The van der Waals surface area contributed by atoms with Crippen molar-refractivity contribution in [3.8, 4) is 0 Å². The van der Waals surface area contributed by atoms with Crippen molar-refractivity contribution >= 4 is 23.3 Å². The Labute approximate surface area is 207 Å². The Morgan fingerprint density at radius 3 is 2.40 bits per heavy atom. The Hall–Kier alpha value is -3.07. The summed E-state index contributed by atoms with van der Waals surface area (Å²) in [5.74, 6) is 1.52. The van der Waals surface area contributed by atoms with E-state index in [-0.39, 0.29) is 12.1 Å². The van der Waals surface area contributed by atoms with E-state index in [2.05, 4.69) is 15.5 Å². The van der Waals surface area contributed by atoms with Gasteiger partial charge in [0.25, 0.3) is 0 Å². The summed E-state index contributed by atoms with van der Waals surface area (Å²) in [5.41, 5.74) is 1.42. The number of nitrogens with one attached hydrogen (secondary N) is 1. The molecule has 0 bridgehead atoms. The number of alkyl halides is 3. The summed E-state index contributed by atoms with van der Waals surface area (Å²) in [6.07, 6.45) is -2.24. The van der Waals surface area contributed by atoms with Gasteiger partial charge in [0.15, 0.2) is 5.82 Å². The van der Waals surface area contributed by atoms with Gasteiger partial charge in [-0.05, 0) is 67.6 Å². The van der Waals surface area contributed by atoms with E-state index in [4.69, 9.17) is 11.6 Å². The molecular formula is C25H27ClF3N5O. The molecule has 6 nitrogen and oxygen atoms in total. The predicted octanol–water partition coefficient (Wildman–Crippen LogP) is 6.55. The SMILES string of the molecule is CCc1nnc([C@H]2CCCN2C(=O)Nc2c(C)cc(C(F)(F)F)cc2C)n1Cc1ccc(Cl)cc1. The van der Waals surface area contributed by atoms with Gasteiger partial charge in [0.2, 0.25) is 0 Å². The van der Waals surface area contributed by atoms with Gasteiger partial charge in [0, 0.05) is 23.7 Å². The zero-order chi connectivity index (χ0) is 25.3. The summed E-state index contributed by atoms with van der Waals surface area (Å²) in [6.45, 7) is 6.20. The minimum absolute atomic E-state index is 0.287. The van der Waals surface area contributed by atoms with Crippen molar-refractivity contribution in [2.45, 2.75) is 58.8 Å². The molecular weight excluding hydrogens is 479 g/mol. The third-order valence-electron chi connectivity index (χ3n) is 6.33. The molecule has 0 aliphatic carbocycles. The largest absolute Gasteiger partial charge is 0.416 e. The first-order valence-electron chi connectivity index (χ1n) is 11.5. The van der Waals surface area contributed by atoms with Crippen LogP contribution in [0.3, 0.4) is 0 Å². The van der Waals surface area contributed by atoms with Crippen molar-refractivity contribution in [3.05, 3.63) is 75.3 Å². The average Bonchev–Trinajstić information content (AvgIpc) is 3.43. The van der Waals surface area contributed by atoms with Crippen LogP contribution in [-0.4, -0.2) is 32.2 Å². The number of aromatic nitrogens is 3. The molecule has 1 aliphatic rings. The highest BCUT2D eigenvalue weighted by molar-refractivity contribution is 6.30. The topological polar surface area (TPSA) is 63.1 Å². The third-order valence-corrected chi connectivity index (χ3v) is 6.58. The van der Waals surface area contributed by atoms with Crippen molar-refractivity contribution in [1.82, 2.24) is 19.7 Å². The van der Waals surface area contributed by atoms with Crippen LogP contribution in [0.1, 0.15) is 59.7 Å². The molecule has 1 aliphatic heterocycles. The highest BCUT2D eigenvalue weighted by Gasteiger charge is 2.35. The monoisotopic (exact) mass is 505 g/mol. The van der Waals surface area contributed by atoms with Crippen LogP contribution in [0.4, 0.5) is 23.7 Å². The minimum Gasteiger partial charge on any atom is -0.314 e. The number of halogens is 4. The first-order valence-corrected chi connectivity index (χ1v) is 11.9. The number of hydrogen-bond acceptors (Lipinski definition) is 3. The van der Waals surface area contributed by atoms with E-state index in [1.807, 2.05) is 35.8 Å². The molecule has 10 heteroatoms. The number of rotatable bonds is 5. The van der Waals surface area contributed by atoms with Crippen LogP contribution in [0.15, 0.2) is 36.4 Å². The number of carbonyl (C=O) groups is 1. The second-order valence-corrected chi connectivity index (χ2v) is 9.24. The molecule has 1 fully saturated rings. The van der Waals surface area contributed by atoms with Gasteiger partial charge in [-0.3, -0.25) is 0 Å². The molecule has 0 unspecified atom stereocenters. The molecule has 2 aromatic carbocycles. The molecule has 0 saturated carbocycles. The number of benzene rings is 2. The fourth-order valence-corrected chi connectivity index (χ4v) is 4.71. The molecule has 35 heavy (non-hydrogen) atoms. The highest BCUT2D eigenvalue weighted by Crippen LogP contribution is 2.35. The van der Waals surface area contributed by atoms with E-state index in [1.165, 1.54) is 0 Å². The van der Waals surface area contributed by atoms with Gasteiger partial charge in [0.05, 0.1) is 18.2 Å². The van der Waals surface area contributed by atoms with E-state index < -0.39 is 11.7 Å². The fourth-order valence-electron chi connectivity index (χ4n) is 4.58. The van der Waals surface area contributed by atoms with Gasteiger partial charge in [-0.25, -0.2) is 4.79 Å². The lowest BCUT2D eigenvalue weighted by Crippen LogP contribution is -2.36. The molecule has 1 N–H and O–H groups in total. The predicted molar refractivity (Wildman–Crippen MR) is 129 cm³/mol. The maximum atomic E-state index is 13.3. The van der Waals surface area contributed by atoms with Crippen LogP contribution in [0.25, 0.3) is 0 Å². The number of anilines is 1. The Bertz CT molecular complexity index is 1200. The Balaban J connectivity index is 1.59. The quantitative estimate of drug-likeness (QED) is 0.428. The smallest absolute Gasteiger partial charge is 0.314 e. The molecule has 1 atom stereocenters. The normalized spacial score (nSPS) is 16.1. The molecule has 1 saturated heterocycles. The summed E-state index contributed by atoms with van der Waals surface area (Å²) in [5, 5.41) is 12.3. The first kappa shape index (κ1) is 25.0. The average molecular weight is 506 g/mol. The van der Waals surface area contributed by atoms with Gasteiger partial charge < -0.3 is 14.8 Å². The zero-order valence-corrected chi connectivity index (χ0v) is 20.5. The number of hydrogen-bond donors (Lipinski definition) is 1. The summed E-state index contributed by atoms with van der Waals surface area (Å²) in [4.78, 5) is 15.0. The highest BCUT2D eigenvalue weighted by atomic mass is 35.5. The number of urea groups is 1. The van der Waals surface area contributed by atoms with Crippen LogP contribution in [0, 0.1) is 13.8 Å². The maximum Gasteiger partial charge on any atom is 0.416 e. The standard InChI is InChI=1S/C25H27ClF3N5O/c1-4-21-31-32-23(34(21)14-17-7-9-19(26)10-8-17)20-6-5-11-33(20)24(35)30-22-15(2)12-18(13-16(22)3)25(27,28)29/h7-10,12-13,20H,4-6,11,14H2,1-3H3,(H,30,35)/t20-/m1/s1. The van der Waals surface area contributed by atoms with Crippen molar-refractivity contribution in [1.29, 1.82) is 0 Å². The number of nitrogens with zero attached hydrogens (tertiary/aromatic N) is 4. The van der Waals surface area contributed by atoms with Crippen LogP contribution >= 0.6 is 11.6 Å².